The molecule has 0 amide bonds. The Morgan fingerprint density at radius 2 is 1.68 bits per heavy atom. The van der Waals surface area contributed by atoms with Gasteiger partial charge in [-0.1, -0.05) is 36.9 Å². The van der Waals surface area contributed by atoms with Crippen molar-refractivity contribution in [2.45, 2.75) is 46.6 Å². The van der Waals surface area contributed by atoms with E-state index in [0.717, 1.165) is 29.5 Å². The van der Waals surface area contributed by atoms with Crippen LogP contribution < -0.4 is 4.74 Å². The average Bonchev–Trinajstić information content (AvgIpc) is 3.03. The fourth-order valence-corrected chi connectivity index (χ4v) is 3.09. The number of hydrogen-bond donors (Lipinski definition) is 0. The van der Waals surface area contributed by atoms with Gasteiger partial charge in [0.2, 0.25) is 0 Å². The number of carbonyl (C=O) groups is 2. The van der Waals surface area contributed by atoms with Crippen molar-refractivity contribution in [1.82, 2.24) is 0 Å². The highest BCUT2D eigenvalue weighted by Crippen LogP contribution is 2.37. The molecule has 2 aromatic carbocycles. The third-order valence-electron chi connectivity index (χ3n) is 4.77. The lowest BCUT2D eigenvalue weighted by Gasteiger charge is -2.16. The summed E-state index contributed by atoms with van der Waals surface area (Å²) < 4.78 is 11.0. The first-order valence-electron chi connectivity index (χ1n) is 9.47. The van der Waals surface area contributed by atoms with Crippen molar-refractivity contribution in [2.75, 3.05) is 0 Å². The smallest absolute Gasteiger partial charge is 0.333 e. The largest absolute Gasteiger partial charge is 0.454 e. The molecule has 0 bridgehead atoms. The quantitative estimate of drug-likeness (QED) is 0.405. The highest BCUT2D eigenvalue weighted by Gasteiger charge is 2.26. The molecular formula is C24H26O4. The summed E-state index contributed by atoms with van der Waals surface area (Å²) >= 11 is 0. The van der Waals surface area contributed by atoms with E-state index in [9.17, 15) is 9.59 Å². The second kappa shape index (κ2) is 7.63. The van der Waals surface area contributed by atoms with Gasteiger partial charge >= 0.3 is 11.9 Å². The molecule has 0 saturated heterocycles. The van der Waals surface area contributed by atoms with Gasteiger partial charge in [-0.25, -0.2) is 4.79 Å². The Labute approximate surface area is 166 Å². The van der Waals surface area contributed by atoms with Crippen LogP contribution in [0.5, 0.6) is 5.75 Å². The summed E-state index contributed by atoms with van der Waals surface area (Å²) in [5, 5.41) is 0. The van der Waals surface area contributed by atoms with E-state index >= 15 is 0 Å². The normalized spacial score (nSPS) is 15.6. The van der Waals surface area contributed by atoms with E-state index < -0.39 is 5.41 Å². The summed E-state index contributed by atoms with van der Waals surface area (Å²) in [5.74, 6) is -0.0629. The number of esters is 2. The minimum absolute atomic E-state index is 0.201. The third-order valence-corrected chi connectivity index (χ3v) is 4.77. The predicted octanol–water partition coefficient (Wildman–Crippen LogP) is 5.41. The molecule has 4 heteroatoms. The van der Waals surface area contributed by atoms with Gasteiger partial charge in [0.25, 0.3) is 0 Å². The van der Waals surface area contributed by atoms with Crippen LogP contribution in [0.3, 0.4) is 0 Å². The van der Waals surface area contributed by atoms with E-state index in [1.54, 1.807) is 6.92 Å². The van der Waals surface area contributed by atoms with Crippen LogP contribution >= 0.6 is 0 Å². The zero-order valence-electron chi connectivity index (χ0n) is 16.9. The topological polar surface area (TPSA) is 52.6 Å². The van der Waals surface area contributed by atoms with Crippen LogP contribution in [0.4, 0.5) is 0 Å². The average molecular weight is 378 g/mol. The zero-order valence-corrected chi connectivity index (χ0v) is 16.9. The lowest BCUT2D eigenvalue weighted by atomic mass is 9.97. The summed E-state index contributed by atoms with van der Waals surface area (Å²) in [5.41, 5.74) is 4.26. The number of carbonyl (C=O) groups excluding carboxylic acids is 2. The van der Waals surface area contributed by atoms with Gasteiger partial charge in [-0.15, -0.1) is 0 Å². The molecule has 1 atom stereocenters. The fourth-order valence-electron chi connectivity index (χ4n) is 3.09. The first-order valence-corrected chi connectivity index (χ1v) is 9.47. The first-order chi connectivity index (χ1) is 13.1. The fraction of sp³-hybridized carbons (Fsp3) is 0.333. The van der Waals surface area contributed by atoms with E-state index in [-0.39, 0.29) is 18.0 Å². The minimum Gasteiger partial charge on any atom is -0.454 e. The maximum Gasteiger partial charge on any atom is 0.333 e. The van der Waals surface area contributed by atoms with Crippen LogP contribution in [-0.4, -0.2) is 11.9 Å². The standard InChI is InChI=1S/C24H26O4/c1-15(2)22(25)28-21-13-9-18-14-17(8-12-20(18)21)16-6-10-19(11-7-16)27-23(26)24(3,4)5/h6-8,10-12,14,21H,1,9,13H2,2-5H3. The van der Waals surface area contributed by atoms with Gasteiger partial charge in [0, 0.05) is 5.57 Å². The molecule has 1 unspecified atom stereocenters. The molecule has 28 heavy (non-hydrogen) atoms. The Hall–Kier alpha value is -2.88. The molecule has 1 aliphatic rings. The van der Waals surface area contributed by atoms with Gasteiger partial charge in [-0.3, -0.25) is 4.79 Å². The molecule has 4 nitrogen and oxygen atoms in total. The molecule has 0 aromatic heterocycles. The second-order valence-electron chi connectivity index (χ2n) is 8.29. The monoisotopic (exact) mass is 378 g/mol. The summed E-state index contributed by atoms with van der Waals surface area (Å²) in [7, 11) is 0. The van der Waals surface area contributed by atoms with Gasteiger partial charge in [0.05, 0.1) is 5.41 Å². The van der Waals surface area contributed by atoms with Crippen LogP contribution in [0, 0.1) is 5.41 Å². The highest BCUT2D eigenvalue weighted by molar-refractivity contribution is 5.87. The van der Waals surface area contributed by atoms with Gasteiger partial charge in [0.1, 0.15) is 11.9 Å². The summed E-state index contributed by atoms with van der Waals surface area (Å²) in [6.07, 6.45) is 1.46. The van der Waals surface area contributed by atoms with Crippen LogP contribution in [0.1, 0.15) is 51.3 Å². The van der Waals surface area contributed by atoms with Crippen LogP contribution in [-0.2, 0) is 20.7 Å². The van der Waals surface area contributed by atoms with Crippen molar-refractivity contribution >= 4 is 11.9 Å². The summed E-state index contributed by atoms with van der Waals surface area (Å²) in [6, 6.07) is 13.7. The van der Waals surface area contributed by atoms with Crippen molar-refractivity contribution in [3.8, 4) is 16.9 Å². The molecular weight excluding hydrogens is 352 g/mol. The Bertz CT molecular complexity index is 917. The van der Waals surface area contributed by atoms with Crippen molar-refractivity contribution in [1.29, 1.82) is 0 Å². The molecule has 146 valence electrons. The lowest BCUT2D eigenvalue weighted by molar-refractivity contribution is -0.144. The number of hydrogen-bond acceptors (Lipinski definition) is 4. The van der Waals surface area contributed by atoms with Gasteiger partial charge < -0.3 is 9.47 Å². The summed E-state index contributed by atoms with van der Waals surface area (Å²) in [6.45, 7) is 10.8. The van der Waals surface area contributed by atoms with Crippen molar-refractivity contribution in [2.24, 2.45) is 5.41 Å². The van der Waals surface area contributed by atoms with Crippen LogP contribution in [0.15, 0.2) is 54.6 Å². The van der Waals surface area contributed by atoms with Crippen molar-refractivity contribution in [3.05, 3.63) is 65.7 Å². The number of aryl methyl sites for hydroxylation is 1. The number of rotatable bonds is 4. The highest BCUT2D eigenvalue weighted by atomic mass is 16.5. The molecule has 1 aliphatic carbocycles. The Morgan fingerprint density at radius 1 is 1.04 bits per heavy atom. The van der Waals surface area contributed by atoms with E-state index in [1.807, 2.05) is 57.2 Å². The molecule has 0 N–H and O–H groups in total. The maximum absolute atomic E-state index is 12.0. The third kappa shape index (κ3) is 4.33. The van der Waals surface area contributed by atoms with Crippen LogP contribution in [0.25, 0.3) is 11.1 Å². The van der Waals surface area contributed by atoms with Gasteiger partial charge in [-0.05, 0) is 74.9 Å². The molecule has 0 spiro atoms. The van der Waals surface area contributed by atoms with Crippen LogP contribution in [0.2, 0.25) is 0 Å². The van der Waals surface area contributed by atoms with E-state index in [4.69, 9.17) is 9.47 Å². The van der Waals surface area contributed by atoms with E-state index in [2.05, 4.69) is 12.6 Å². The zero-order chi connectivity index (χ0) is 20.5. The summed E-state index contributed by atoms with van der Waals surface area (Å²) in [4.78, 5) is 23.8. The lowest BCUT2D eigenvalue weighted by Crippen LogP contribution is -2.25. The predicted molar refractivity (Wildman–Crippen MR) is 109 cm³/mol. The molecule has 0 fully saturated rings. The second-order valence-corrected chi connectivity index (χ2v) is 8.29. The Morgan fingerprint density at radius 3 is 2.29 bits per heavy atom. The van der Waals surface area contributed by atoms with E-state index in [0.29, 0.717) is 11.3 Å². The van der Waals surface area contributed by atoms with Gasteiger partial charge in [0.15, 0.2) is 0 Å². The van der Waals surface area contributed by atoms with Gasteiger partial charge in [-0.2, -0.15) is 0 Å². The Balaban J connectivity index is 1.74. The molecule has 0 heterocycles. The molecule has 2 aromatic rings. The number of ether oxygens (including phenoxy) is 2. The van der Waals surface area contributed by atoms with E-state index in [1.165, 1.54) is 5.56 Å². The number of fused-ring (bicyclic) bond motifs is 1. The molecule has 0 saturated carbocycles. The minimum atomic E-state index is -0.539. The first kappa shape index (κ1) is 19.9. The van der Waals surface area contributed by atoms with Crippen molar-refractivity contribution < 1.29 is 19.1 Å². The Kier molecular flexibility index (Phi) is 5.41. The molecule has 0 radical (unpaired) electrons. The maximum atomic E-state index is 12.0. The van der Waals surface area contributed by atoms with Crippen molar-refractivity contribution in [3.63, 3.8) is 0 Å². The number of benzene rings is 2. The SMILES string of the molecule is C=C(C)C(=O)OC1CCc2cc(-c3ccc(OC(=O)C(C)(C)C)cc3)ccc21. The molecule has 3 rings (SSSR count). The molecule has 0 aliphatic heterocycles.